The highest BCUT2D eigenvalue weighted by Gasteiger charge is 2.29. The van der Waals surface area contributed by atoms with Crippen molar-refractivity contribution in [1.82, 2.24) is 4.90 Å². The normalized spacial score (nSPS) is 25.1. The summed E-state index contributed by atoms with van der Waals surface area (Å²) >= 11 is 0. The molecule has 1 aliphatic heterocycles. The van der Waals surface area contributed by atoms with Gasteiger partial charge in [-0.3, -0.25) is 0 Å². The van der Waals surface area contributed by atoms with Crippen molar-refractivity contribution in [2.24, 2.45) is 0 Å². The summed E-state index contributed by atoms with van der Waals surface area (Å²) in [5.41, 5.74) is 0. The van der Waals surface area contributed by atoms with Crippen LogP contribution in [0.3, 0.4) is 0 Å². The van der Waals surface area contributed by atoms with E-state index < -0.39 is 8.32 Å². The molecule has 0 aromatic carbocycles. The van der Waals surface area contributed by atoms with Crippen LogP contribution in [-0.4, -0.2) is 45.1 Å². The zero-order chi connectivity index (χ0) is 12.9. The zero-order valence-corrected chi connectivity index (χ0v) is 12.7. The first-order valence-corrected chi connectivity index (χ1v) is 9.70. The molecule has 0 bridgehead atoms. The molecule has 0 aromatic heterocycles. The summed E-state index contributed by atoms with van der Waals surface area (Å²) in [7, 11) is -1.49. The summed E-state index contributed by atoms with van der Waals surface area (Å²) in [4.78, 5) is 2.22. The van der Waals surface area contributed by atoms with Crippen LogP contribution in [0.25, 0.3) is 0 Å². The molecule has 0 spiro atoms. The Kier molecular flexibility index (Phi) is 5.69. The van der Waals surface area contributed by atoms with Crippen LogP contribution in [0, 0.1) is 0 Å². The van der Waals surface area contributed by atoms with Crippen LogP contribution < -0.4 is 0 Å². The van der Waals surface area contributed by atoms with Gasteiger partial charge in [-0.25, -0.2) is 0 Å². The monoisotopic (exact) mass is 257 g/mol. The largest absolute Gasteiger partial charge is 0.410 e. The van der Waals surface area contributed by atoms with Crippen molar-refractivity contribution in [3.05, 3.63) is 12.8 Å². The van der Waals surface area contributed by atoms with E-state index in [9.17, 15) is 0 Å². The molecule has 0 N–H and O–H groups in total. The fourth-order valence-electron chi connectivity index (χ4n) is 2.18. The summed E-state index contributed by atoms with van der Waals surface area (Å²) < 4.78 is 11.9. The van der Waals surface area contributed by atoms with E-state index in [0.29, 0.717) is 12.6 Å². The quantitative estimate of drug-likeness (QED) is 0.723. The van der Waals surface area contributed by atoms with Gasteiger partial charge in [0.15, 0.2) is 8.32 Å². The second-order valence-corrected chi connectivity index (χ2v) is 9.91. The molecule has 0 aromatic rings. The molecular formula is C13H27NO2Si. The van der Waals surface area contributed by atoms with Gasteiger partial charge in [0, 0.05) is 19.2 Å². The molecular weight excluding hydrogens is 230 g/mol. The lowest BCUT2D eigenvalue weighted by Crippen LogP contribution is -2.45. The van der Waals surface area contributed by atoms with Crippen molar-refractivity contribution in [2.75, 3.05) is 19.8 Å². The van der Waals surface area contributed by atoms with E-state index in [1.165, 1.54) is 6.04 Å². The third-order valence-electron chi connectivity index (χ3n) is 3.17. The van der Waals surface area contributed by atoms with Crippen molar-refractivity contribution in [1.29, 1.82) is 0 Å². The van der Waals surface area contributed by atoms with Crippen LogP contribution in [0.15, 0.2) is 12.8 Å². The Balaban J connectivity index is 2.57. The third kappa shape index (κ3) is 5.23. The molecule has 0 radical (unpaired) electrons. The Morgan fingerprint density at radius 3 is 2.76 bits per heavy atom. The van der Waals surface area contributed by atoms with E-state index in [0.717, 1.165) is 19.6 Å². The van der Waals surface area contributed by atoms with Gasteiger partial charge in [-0.2, -0.15) is 0 Å². The van der Waals surface area contributed by atoms with E-state index in [2.05, 4.69) is 38.4 Å². The molecule has 4 heteroatoms. The smallest absolute Gasteiger partial charge is 0.187 e. The predicted molar refractivity (Wildman–Crippen MR) is 74.6 cm³/mol. The Morgan fingerprint density at radius 1 is 1.47 bits per heavy atom. The van der Waals surface area contributed by atoms with Gasteiger partial charge in [-0.15, -0.1) is 0 Å². The molecule has 0 saturated carbocycles. The lowest BCUT2D eigenvalue weighted by molar-refractivity contribution is 0.0203. The van der Waals surface area contributed by atoms with Crippen molar-refractivity contribution < 1.29 is 9.16 Å². The van der Waals surface area contributed by atoms with E-state index >= 15 is 0 Å². The van der Waals surface area contributed by atoms with Gasteiger partial charge in [0.1, 0.15) is 0 Å². The first kappa shape index (κ1) is 14.7. The standard InChI is InChI=1S/C13H27NO2Si/c1-6-14(12(2)3)10-13-11-15-8-7-9-17(4,5)16-13/h6,12-13H,1,7-11H2,2-5H3. The summed E-state index contributed by atoms with van der Waals surface area (Å²) in [6.07, 6.45) is 3.24. The predicted octanol–water partition coefficient (Wildman–Crippen LogP) is 2.85. The fraction of sp³-hybridized carbons (Fsp3) is 0.846. The molecule has 1 rings (SSSR count). The van der Waals surface area contributed by atoms with Crippen LogP contribution >= 0.6 is 0 Å². The number of nitrogens with zero attached hydrogens (tertiary/aromatic N) is 1. The Morgan fingerprint density at radius 2 is 2.18 bits per heavy atom. The van der Waals surface area contributed by atoms with Crippen molar-refractivity contribution in [3.63, 3.8) is 0 Å². The van der Waals surface area contributed by atoms with Gasteiger partial charge in [-0.05, 0) is 45.6 Å². The molecule has 0 aliphatic carbocycles. The lowest BCUT2D eigenvalue weighted by atomic mass is 10.3. The van der Waals surface area contributed by atoms with Crippen LogP contribution in [-0.2, 0) is 9.16 Å². The molecule has 1 aliphatic rings. The van der Waals surface area contributed by atoms with Crippen LogP contribution in [0.1, 0.15) is 20.3 Å². The minimum absolute atomic E-state index is 0.192. The molecule has 1 unspecified atom stereocenters. The fourth-order valence-corrected chi connectivity index (χ4v) is 4.34. The van der Waals surface area contributed by atoms with Crippen molar-refractivity contribution >= 4 is 8.32 Å². The molecule has 1 atom stereocenters. The first-order chi connectivity index (χ1) is 7.94. The van der Waals surface area contributed by atoms with Gasteiger partial charge in [0.25, 0.3) is 0 Å². The maximum Gasteiger partial charge on any atom is 0.187 e. The van der Waals surface area contributed by atoms with Crippen molar-refractivity contribution in [2.45, 2.75) is 51.6 Å². The topological polar surface area (TPSA) is 21.7 Å². The Labute approximate surface area is 107 Å². The van der Waals surface area contributed by atoms with Gasteiger partial charge in [-0.1, -0.05) is 6.58 Å². The van der Waals surface area contributed by atoms with Crippen molar-refractivity contribution in [3.8, 4) is 0 Å². The molecule has 1 heterocycles. The van der Waals surface area contributed by atoms with Gasteiger partial charge < -0.3 is 14.1 Å². The summed E-state index contributed by atoms with van der Waals surface area (Å²) in [6, 6.07) is 1.66. The van der Waals surface area contributed by atoms with Gasteiger partial charge >= 0.3 is 0 Å². The van der Waals surface area contributed by atoms with Crippen LogP contribution in [0.2, 0.25) is 19.1 Å². The maximum atomic E-state index is 6.29. The Bertz CT molecular complexity index is 244. The maximum absolute atomic E-state index is 6.29. The SMILES string of the molecule is C=CN(CC1COCCC[Si](C)(C)O1)C(C)C. The molecule has 3 nitrogen and oxygen atoms in total. The van der Waals surface area contributed by atoms with E-state index in [1.54, 1.807) is 0 Å². The minimum Gasteiger partial charge on any atom is -0.410 e. The zero-order valence-electron chi connectivity index (χ0n) is 11.7. The average Bonchev–Trinajstić information content (AvgIpc) is 2.21. The van der Waals surface area contributed by atoms with Crippen LogP contribution in [0.5, 0.6) is 0 Å². The third-order valence-corrected chi connectivity index (χ3v) is 5.70. The Hall–Kier alpha value is -0.323. The van der Waals surface area contributed by atoms with Crippen LogP contribution in [0.4, 0.5) is 0 Å². The van der Waals surface area contributed by atoms with Gasteiger partial charge in [0.05, 0.1) is 12.7 Å². The highest BCUT2D eigenvalue weighted by atomic mass is 28.4. The van der Waals surface area contributed by atoms with Gasteiger partial charge in [0.2, 0.25) is 0 Å². The summed E-state index contributed by atoms with van der Waals surface area (Å²) in [5, 5.41) is 0. The molecule has 1 saturated heterocycles. The molecule has 17 heavy (non-hydrogen) atoms. The highest BCUT2D eigenvalue weighted by molar-refractivity contribution is 6.71. The second-order valence-electron chi connectivity index (χ2n) is 5.65. The highest BCUT2D eigenvalue weighted by Crippen LogP contribution is 2.20. The molecule has 0 amide bonds. The first-order valence-electron chi connectivity index (χ1n) is 6.58. The summed E-state index contributed by atoms with van der Waals surface area (Å²) in [6.45, 7) is 15.3. The minimum atomic E-state index is -1.49. The number of ether oxygens (including phenoxy) is 1. The average molecular weight is 257 g/mol. The second kappa shape index (κ2) is 6.57. The number of hydrogen-bond donors (Lipinski definition) is 0. The molecule has 1 fully saturated rings. The van der Waals surface area contributed by atoms with E-state index in [4.69, 9.17) is 9.16 Å². The van der Waals surface area contributed by atoms with E-state index in [1.807, 2.05) is 6.20 Å². The number of hydrogen-bond acceptors (Lipinski definition) is 3. The molecule has 100 valence electrons. The number of rotatable bonds is 4. The lowest BCUT2D eigenvalue weighted by Gasteiger charge is -2.35. The van der Waals surface area contributed by atoms with E-state index in [-0.39, 0.29) is 6.10 Å². The summed E-state index contributed by atoms with van der Waals surface area (Å²) in [5.74, 6) is 0.